The molecule has 2 aliphatic rings. The lowest BCUT2D eigenvalue weighted by atomic mass is 9.71. The first-order valence-corrected chi connectivity index (χ1v) is 14.4. The number of halogens is 1. The van der Waals surface area contributed by atoms with Gasteiger partial charge in [-0.1, -0.05) is 30.7 Å². The molecule has 0 saturated carbocycles. The number of hydrogen-bond acceptors (Lipinski definition) is 9. The van der Waals surface area contributed by atoms with Crippen molar-refractivity contribution in [3.05, 3.63) is 85.2 Å². The van der Waals surface area contributed by atoms with Crippen molar-refractivity contribution in [2.24, 2.45) is 0 Å². The number of ether oxygens (including phenoxy) is 3. The second-order valence-corrected chi connectivity index (χ2v) is 11.2. The van der Waals surface area contributed by atoms with E-state index in [0.717, 1.165) is 11.3 Å². The predicted molar refractivity (Wildman–Crippen MR) is 154 cm³/mol. The minimum absolute atomic E-state index is 0.0261. The van der Waals surface area contributed by atoms with Crippen LogP contribution in [-0.2, 0) is 14.3 Å². The zero-order chi connectivity index (χ0) is 29.0. The summed E-state index contributed by atoms with van der Waals surface area (Å²) in [7, 11) is 3.12. The lowest BCUT2D eigenvalue weighted by molar-refractivity contribution is -0.384. The number of esters is 1. The highest BCUT2D eigenvalue weighted by Gasteiger charge is 2.42. The summed E-state index contributed by atoms with van der Waals surface area (Å²) in [5, 5.41) is 15.0. The van der Waals surface area contributed by atoms with Crippen LogP contribution in [0.4, 0.5) is 5.69 Å². The molecule has 0 saturated heterocycles. The van der Waals surface area contributed by atoms with E-state index in [4.69, 9.17) is 25.8 Å². The third-order valence-electron chi connectivity index (χ3n) is 7.09. The Morgan fingerprint density at radius 3 is 2.52 bits per heavy atom. The Morgan fingerprint density at radius 1 is 1.12 bits per heavy atom. The Hall–Kier alpha value is -3.50. The number of rotatable bonds is 10. The minimum Gasteiger partial charge on any atom is -0.493 e. The van der Waals surface area contributed by atoms with Crippen LogP contribution in [0.3, 0.4) is 0 Å². The summed E-state index contributed by atoms with van der Waals surface area (Å²) in [5.74, 6) is 0.984. The molecule has 1 aliphatic heterocycles. The molecule has 2 aromatic carbocycles. The van der Waals surface area contributed by atoms with Crippen LogP contribution in [0.25, 0.3) is 0 Å². The van der Waals surface area contributed by atoms with E-state index in [2.05, 4.69) is 5.32 Å². The van der Waals surface area contributed by atoms with Crippen molar-refractivity contribution in [2.75, 3.05) is 32.3 Å². The summed E-state index contributed by atoms with van der Waals surface area (Å²) in [4.78, 5) is 38.3. The standard InChI is InChI=1S/C29H31ClN2O7S/c1-5-40-11-10-39-29(34)26-16(2)31-21-12-19(17-7-9-24(37-3)25(15-17)38-4)14-23(33)28(21)27(26)18-6-8-20(30)22(13-18)32(35)36/h6-9,13,15,19,27,31H,5,10-12,14H2,1-4H3. The number of hydrogen-bond donors (Lipinski definition) is 1. The lowest BCUT2D eigenvalue weighted by Crippen LogP contribution is -2.36. The number of methoxy groups -OCH3 is 2. The smallest absolute Gasteiger partial charge is 0.336 e. The average molecular weight is 587 g/mol. The van der Waals surface area contributed by atoms with Gasteiger partial charge >= 0.3 is 5.97 Å². The molecule has 2 atom stereocenters. The van der Waals surface area contributed by atoms with Crippen LogP contribution in [0.5, 0.6) is 11.5 Å². The SMILES string of the molecule is CCSCCOC(=O)C1=C(C)NC2=C(C(=O)CC(c3ccc(OC)c(OC)c3)C2)C1c1ccc(Cl)c([N+](=O)[O-])c1. The molecule has 1 N–H and O–H groups in total. The quantitative estimate of drug-likeness (QED) is 0.156. The number of benzene rings is 2. The van der Waals surface area contributed by atoms with Gasteiger partial charge < -0.3 is 19.5 Å². The van der Waals surface area contributed by atoms with Crippen molar-refractivity contribution in [1.82, 2.24) is 5.32 Å². The highest BCUT2D eigenvalue weighted by atomic mass is 35.5. The van der Waals surface area contributed by atoms with Gasteiger partial charge in [0, 0.05) is 41.1 Å². The molecule has 1 aliphatic carbocycles. The van der Waals surface area contributed by atoms with Crippen LogP contribution < -0.4 is 14.8 Å². The van der Waals surface area contributed by atoms with E-state index in [1.54, 1.807) is 39.0 Å². The number of carbonyl (C=O) groups is 2. The van der Waals surface area contributed by atoms with Crippen LogP contribution >= 0.6 is 23.4 Å². The molecule has 0 radical (unpaired) electrons. The van der Waals surface area contributed by atoms with Crippen LogP contribution in [0.1, 0.15) is 49.7 Å². The monoisotopic (exact) mass is 586 g/mol. The highest BCUT2D eigenvalue weighted by molar-refractivity contribution is 7.99. The van der Waals surface area contributed by atoms with Crippen molar-refractivity contribution in [3.63, 3.8) is 0 Å². The fourth-order valence-electron chi connectivity index (χ4n) is 5.25. The second-order valence-electron chi connectivity index (χ2n) is 9.43. The molecule has 1 heterocycles. The summed E-state index contributed by atoms with van der Waals surface area (Å²) < 4.78 is 16.4. The van der Waals surface area contributed by atoms with Crippen LogP contribution in [0, 0.1) is 10.1 Å². The van der Waals surface area contributed by atoms with E-state index in [0.29, 0.717) is 46.2 Å². The number of allylic oxidation sites excluding steroid dienone is 3. The number of nitrogens with zero attached hydrogens (tertiary/aromatic N) is 1. The average Bonchev–Trinajstić information content (AvgIpc) is 2.94. The number of carbonyl (C=O) groups excluding carboxylic acids is 2. The molecular formula is C29H31ClN2O7S. The van der Waals surface area contributed by atoms with Gasteiger partial charge in [-0.15, -0.1) is 0 Å². The number of nitro groups is 1. The van der Waals surface area contributed by atoms with E-state index < -0.39 is 16.8 Å². The van der Waals surface area contributed by atoms with Crippen molar-refractivity contribution in [3.8, 4) is 11.5 Å². The van der Waals surface area contributed by atoms with Gasteiger partial charge in [-0.3, -0.25) is 14.9 Å². The normalized spacial score (nSPS) is 18.7. The number of nitrogens with one attached hydrogen (secondary N) is 1. The van der Waals surface area contributed by atoms with E-state index in [1.807, 2.05) is 25.1 Å². The molecule has 0 aromatic heterocycles. The van der Waals surface area contributed by atoms with Gasteiger partial charge in [0.15, 0.2) is 17.3 Å². The molecule has 0 fully saturated rings. The largest absolute Gasteiger partial charge is 0.493 e. The topological polar surface area (TPSA) is 117 Å². The molecule has 2 aromatic rings. The van der Waals surface area contributed by atoms with E-state index in [9.17, 15) is 19.7 Å². The fraction of sp³-hybridized carbons (Fsp3) is 0.379. The molecule has 9 nitrogen and oxygen atoms in total. The van der Waals surface area contributed by atoms with Crippen LogP contribution in [0.2, 0.25) is 5.02 Å². The minimum atomic E-state index is -0.836. The molecule has 11 heteroatoms. The number of ketones is 1. The van der Waals surface area contributed by atoms with Crippen molar-refractivity contribution < 1.29 is 28.7 Å². The Balaban J connectivity index is 1.77. The number of nitro benzene ring substituents is 1. The third-order valence-corrected chi connectivity index (χ3v) is 8.27. The molecule has 0 bridgehead atoms. The predicted octanol–water partition coefficient (Wildman–Crippen LogP) is 5.92. The lowest BCUT2D eigenvalue weighted by Gasteiger charge is -2.36. The van der Waals surface area contributed by atoms with E-state index in [1.165, 1.54) is 12.1 Å². The molecule has 0 spiro atoms. The van der Waals surface area contributed by atoms with Crippen molar-refractivity contribution in [2.45, 2.75) is 38.5 Å². The maximum atomic E-state index is 13.8. The second kappa shape index (κ2) is 12.8. The molecule has 2 unspecified atom stereocenters. The van der Waals surface area contributed by atoms with Crippen LogP contribution in [0.15, 0.2) is 58.9 Å². The summed E-state index contributed by atoms with van der Waals surface area (Å²) in [6.45, 7) is 3.98. The zero-order valence-electron chi connectivity index (χ0n) is 22.7. The first-order valence-electron chi connectivity index (χ1n) is 12.8. The highest BCUT2D eigenvalue weighted by Crippen LogP contribution is 2.47. The first kappa shape index (κ1) is 29.5. The van der Waals surface area contributed by atoms with Gasteiger partial charge in [0.1, 0.15) is 11.6 Å². The van der Waals surface area contributed by atoms with Gasteiger partial charge in [0.05, 0.1) is 24.7 Å². The zero-order valence-corrected chi connectivity index (χ0v) is 24.3. The number of dihydropyridines is 1. The summed E-state index contributed by atoms with van der Waals surface area (Å²) in [6, 6.07) is 9.97. The van der Waals surface area contributed by atoms with Crippen molar-refractivity contribution in [1.29, 1.82) is 0 Å². The Bertz CT molecular complexity index is 1400. The number of Topliss-reactive ketones (excluding diaryl/α,β-unsaturated/α-hetero) is 1. The molecule has 0 amide bonds. The Kier molecular flexibility index (Phi) is 9.42. The summed E-state index contributed by atoms with van der Waals surface area (Å²) in [5.41, 5.74) is 2.93. The van der Waals surface area contributed by atoms with E-state index in [-0.39, 0.29) is 41.0 Å². The maximum Gasteiger partial charge on any atom is 0.336 e. The Labute approximate surface area is 242 Å². The maximum absolute atomic E-state index is 13.8. The van der Waals surface area contributed by atoms with Crippen LogP contribution in [-0.4, -0.2) is 49.0 Å². The van der Waals surface area contributed by atoms with Gasteiger partial charge in [-0.25, -0.2) is 4.79 Å². The van der Waals surface area contributed by atoms with Gasteiger partial charge in [0.2, 0.25) is 0 Å². The third kappa shape index (κ3) is 5.97. The summed E-state index contributed by atoms with van der Waals surface area (Å²) in [6.07, 6.45) is 0.687. The van der Waals surface area contributed by atoms with Crippen molar-refractivity contribution >= 4 is 40.8 Å². The molecule has 40 heavy (non-hydrogen) atoms. The Morgan fingerprint density at radius 2 is 1.85 bits per heavy atom. The molecular weight excluding hydrogens is 556 g/mol. The van der Waals surface area contributed by atoms with Gasteiger partial charge in [0.25, 0.3) is 5.69 Å². The summed E-state index contributed by atoms with van der Waals surface area (Å²) >= 11 is 7.74. The van der Waals surface area contributed by atoms with Gasteiger partial charge in [-0.2, -0.15) is 11.8 Å². The van der Waals surface area contributed by atoms with Gasteiger partial charge in [-0.05, 0) is 54.3 Å². The molecule has 212 valence electrons. The number of thioether (sulfide) groups is 1. The first-order chi connectivity index (χ1) is 19.2. The molecule has 4 rings (SSSR count). The fourth-order valence-corrected chi connectivity index (χ4v) is 5.93. The van der Waals surface area contributed by atoms with E-state index >= 15 is 0 Å².